The predicted octanol–water partition coefficient (Wildman–Crippen LogP) is 4.63. The smallest absolute Gasteiger partial charge is 0.138 e. The van der Waals surface area contributed by atoms with Gasteiger partial charge in [-0.25, -0.2) is 9.97 Å². The van der Waals surface area contributed by atoms with E-state index in [0.29, 0.717) is 12.1 Å². The molecule has 5 rings (SSSR count). The van der Waals surface area contributed by atoms with Crippen LogP contribution in [0.3, 0.4) is 0 Å². The fourth-order valence-electron chi connectivity index (χ4n) is 4.67. The molecule has 0 unspecified atom stereocenters. The second-order valence-corrected chi connectivity index (χ2v) is 8.99. The second-order valence-electron chi connectivity index (χ2n) is 7.90. The first-order chi connectivity index (χ1) is 13.3. The Labute approximate surface area is 163 Å². The Morgan fingerprint density at radius 3 is 2.93 bits per heavy atom. The van der Waals surface area contributed by atoms with Crippen LogP contribution in [0.15, 0.2) is 29.1 Å². The van der Waals surface area contributed by atoms with Gasteiger partial charge in [-0.3, -0.25) is 4.90 Å². The van der Waals surface area contributed by atoms with Crippen LogP contribution in [0, 0.1) is 0 Å². The van der Waals surface area contributed by atoms with Crippen LogP contribution in [0.2, 0.25) is 0 Å². The molecule has 27 heavy (non-hydrogen) atoms. The van der Waals surface area contributed by atoms with Crippen molar-refractivity contribution in [2.75, 3.05) is 12.4 Å². The van der Waals surface area contributed by atoms with E-state index in [1.54, 1.807) is 12.6 Å². The standard InChI is InChI=1S/C21H26N4OS/c1-25(12-16-4-3-11-26-16)15-9-7-14(8-10-15)24-20-19-17-5-2-6-18(17)27-21(19)23-13-22-20/h3-4,11,13-15H,2,5-10,12H2,1H3,(H,22,23,24). The summed E-state index contributed by atoms with van der Waals surface area (Å²) in [5.74, 6) is 2.11. The average Bonchev–Trinajstić information content (AvgIpc) is 3.39. The minimum atomic E-state index is 0.508. The average molecular weight is 383 g/mol. The molecule has 1 fully saturated rings. The zero-order valence-corrected chi connectivity index (χ0v) is 16.6. The monoisotopic (exact) mass is 382 g/mol. The maximum atomic E-state index is 5.50. The lowest BCUT2D eigenvalue weighted by Gasteiger charge is -2.34. The van der Waals surface area contributed by atoms with Crippen molar-refractivity contribution in [3.8, 4) is 0 Å². The molecule has 3 aromatic heterocycles. The Bertz CT molecular complexity index is 912. The Balaban J connectivity index is 1.24. The van der Waals surface area contributed by atoms with Crippen LogP contribution in [0.1, 0.15) is 48.3 Å². The van der Waals surface area contributed by atoms with Gasteiger partial charge in [0.15, 0.2) is 0 Å². The van der Waals surface area contributed by atoms with E-state index in [1.807, 2.05) is 17.4 Å². The third-order valence-corrected chi connectivity index (χ3v) is 7.35. The molecular weight excluding hydrogens is 356 g/mol. The molecule has 0 bridgehead atoms. The molecule has 1 N–H and O–H groups in total. The number of hydrogen-bond donors (Lipinski definition) is 1. The molecule has 0 saturated heterocycles. The highest BCUT2D eigenvalue weighted by Gasteiger charge is 2.26. The van der Waals surface area contributed by atoms with Gasteiger partial charge in [-0.1, -0.05) is 0 Å². The Morgan fingerprint density at radius 1 is 1.22 bits per heavy atom. The quantitative estimate of drug-likeness (QED) is 0.697. The van der Waals surface area contributed by atoms with Crippen LogP contribution >= 0.6 is 11.3 Å². The van der Waals surface area contributed by atoms with Crippen molar-refractivity contribution in [2.45, 2.75) is 63.6 Å². The van der Waals surface area contributed by atoms with Gasteiger partial charge < -0.3 is 9.73 Å². The number of furan rings is 1. The van der Waals surface area contributed by atoms with Gasteiger partial charge in [0, 0.05) is 17.0 Å². The number of hydrogen-bond acceptors (Lipinski definition) is 6. The number of anilines is 1. The van der Waals surface area contributed by atoms with Crippen LogP contribution in [-0.2, 0) is 19.4 Å². The summed E-state index contributed by atoms with van der Waals surface area (Å²) in [6.45, 7) is 0.892. The number of rotatable bonds is 5. The fraction of sp³-hybridized carbons (Fsp3) is 0.524. The summed E-state index contributed by atoms with van der Waals surface area (Å²) in [5.41, 5.74) is 1.50. The van der Waals surface area contributed by atoms with Crippen molar-refractivity contribution in [3.05, 3.63) is 40.9 Å². The van der Waals surface area contributed by atoms with Crippen molar-refractivity contribution >= 4 is 27.4 Å². The largest absolute Gasteiger partial charge is 0.468 e. The van der Waals surface area contributed by atoms with Crippen molar-refractivity contribution in [2.24, 2.45) is 0 Å². The van der Waals surface area contributed by atoms with Crippen molar-refractivity contribution in [1.82, 2.24) is 14.9 Å². The highest BCUT2D eigenvalue weighted by molar-refractivity contribution is 7.19. The highest BCUT2D eigenvalue weighted by Crippen LogP contribution is 2.39. The van der Waals surface area contributed by atoms with Gasteiger partial charge in [0.25, 0.3) is 0 Å². The third kappa shape index (κ3) is 3.36. The zero-order chi connectivity index (χ0) is 18.2. The summed E-state index contributed by atoms with van der Waals surface area (Å²) in [7, 11) is 2.21. The number of aromatic nitrogens is 2. The first kappa shape index (κ1) is 17.2. The zero-order valence-electron chi connectivity index (χ0n) is 15.8. The first-order valence-corrected chi connectivity index (χ1v) is 10.8. The summed E-state index contributed by atoms with van der Waals surface area (Å²) < 4.78 is 5.50. The van der Waals surface area contributed by atoms with Crippen LogP contribution in [-0.4, -0.2) is 34.0 Å². The fourth-order valence-corrected chi connectivity index (χ4v) is 5.90. The van der Waals surface area contributed by atoms with Crippen molar-refractivity contribution < 1.29 is 4.42 Å². The van der Waals surface area contributed by atoms with E-state index < -0.39 is 0 Å². The molecule has 2 aliphatic rings. The van der Waals surface area contributed by atoms with Crippen LogP contribution < -0.4 is 5.32 Å². The molecule has 5 nitrogen and oxygen atoms in total. The summed E-state index contributed by atoms with van der Waals surface area (Å²) in [6, 6.07) is 5.16. The molecule has 142 valence electrons. The van der Waals surface area contributed by atoms with Crippen molar-refractivity contribution in [1.29, 1.82) is 0 Å². The molecule has 0 amide bonds. The lowest BCUT2D eigenvalue weighted by atomic mass is 9.90. The number of thiophene rings is 1. The van der Waals surface area contributed by atoms with Crippen LogP contribution in [0.4, 0.5) is 5.82 Å². The van der Waals surface area contributed by atoms with E-state index in [-0.39, 0.29) is 0 Å². The van der Waals surface area contributed by atoms with E-state index in [2.05, 4.69) is 33.3 Å². The molecule has 6 heteroatoms. The summed E-state index contributed by atoms with van der Waals surface area (Å²) >= 11 is 1.86. The number of aryl methyl sites for hydroxylation is 2. The maximum Gasteiger partial charge on any atom is 0.138 e. The second kappa shape index (κ2) is 7.24. The number of nitrogens with zero attached hydrogens (tertiary/aromatic N) is 3. The van der Waals surface area contributed by atoms with Gasteiger partial charge in [-0.2, -0.15) is 0 Å². The number of fused-ring (bicyclic) bond motifs is 3. The SMILES string of the molecule is CN(Cc1ccco1)C1CCC(Nc2ncnc3sc4c(c23)CCC4)CC1. The molecule has 0 aliphatic heterocycles. The molecule has 3 aromatic rings. The normalized spacial score (nSPS) is 22.4. The Morgan fingerprint density at radius 2 is 2.11 bits per heavy atom. The summed E-state index contributed by atoms with van der Waals surface area (Å²) in [6.07, 6.45) is 11.9. The summed E-state index contributed by atoms with van der Waals surface area (Å²) in [4.78, 5) is 14.3. The molecular formula is C21H26N4OS. The lowest BCUT2D eigenvalue weighted by molar-refractivity contribution is 0.168. The lowest BCUT2D eigenvalue weighted by Crippen LogP contribution is -2.38. The molecule has 0 radical (unpaired) electrons. The molecule has 3 heterocycles. The van der Waals surface area contributed by atoms with Crippen molar-refractivity contribution in [3.63, 3.8) is 0 Å². The van der Waals surface area contributed by atoms with Crippen LogP contribution in [0.5, 0.6) is 0 Å². The minimum Gasteiger partial charge on any atom is -0.468 e. The Hall–Kier alpha value is -1.92. The van der Waals surface area contributed by atoms with E-state index in [9.17, 15) is 0 Å². The van der Waals surface area contributed by atoms with E-state index in [1.165, 1.54) is 60.8 Å². The molecule has 0 atom stereocenters. The van der Waals surface area contributed by atoms with E-state index >= 15 is 0 Å². The number of nitrogens with one attached hydrogen (secondary N) is 1. The molecule has 2 aliphatic carbocycles. The third-order valence-electron chi connectivity index (χ3n) is 6.15. The molecule has 1 saturated carbocycles. The van der Waals surface area contributed by atoms with Gasteiger partial charge in [0.1, 0.15) is 22.7 Å². The molecule has 0 spiro atoms. The molecule has 0 aromatic carbocycles. The van der Waals surface area contributed by atoms with E-state index in [4.69, 9.17) is 4.42 Å². The summed E-state index contributed by atoms with van der Waals surface area (Å²) in [5, 5.41) is 5.06. The van der Waals surface area contributed by atoms with Gasteiger partial charge in [0.05, 0.1) is 18.2 Å². The highest BCUT2D eigenvalue weighted by atomic mass is 32.1. The minimum absolute atomic E-state index is 0.508. The maximum absolute atomic E-state index is 5.50. The van der Waals surface area contributed by atoms with Gasteiger partial charge >= 0.3 is 0 Å². The Kier molecular flexibility index (Phi) is 4.61. The van der Waals surface area contributed by atoms with Gasteiger partial charge in [0.2, 0.25) is 0 Å². The van der Waals surface area contributed by atoms with Gasteiger partial charge in [-0.15, -0.1) is 11.3 Å². The van der Waals surface area contributed by atoms with Crippen LogP contribution in [0.25, 0.3) is 10.2 Å². The van der Waals surface area contributed by atoms with E-state index in [0.717, 1.165) is 23.0 Å². The first-order valence-electron chi connectivity index (χ1n) is 10.0. The van der Waals surface area contributed by atoms with Gasteiger partial charge in [-0.05, 0) is 69.7 Å². The topological polar surface area (TPSA) is 54.2 Å². The predicted molar refractivity (Wildman–Crippen MR) is 109 cm³/mol.